The fourth-order valence-corrected chi connectivity index (χ4v) is 3.56. The van der Waals surface area contributed by atoms with Crippen LogP contribution in [0.5, 0.6) is 0 Å². The zero-order chi connectivity index (χ0) is 18.0. The first-order chi connectivity index (χ1) is 11.9. The molecule has 1 aromatic rings. The van der Waals surface area contributed by atoms with E-state index < -0.39 is 17.5 Å². The van der Waals surface area contributed by atoms with Crippen LogP contribution in [0, 0.1) is 0 Å². The van der Waals surface area contributed by atoms with Crippen molar-refractivity contribution in [3.63, 3.8) is 0 Å². The molecule has 3 rings (SSSR count). The number of nitrogens with zero attached hydrogens (tertiary/aromatic N) is 1. The summed E-state index contributed by atoms with van der Waals surface area (Å²) in [5.74, 6) is -0.418. The van der Waals surface area contributed by atoms with Crippen LogP contribution < -0.4 is 16.0 Å². The second-order valence-electron chi connectivity index (χ2n) is 6.80. The Morgan fingerprint density at radius 2 is 2.20 bits per heavy atom. The average molecular weight is 344 g/mol. The number of amides is 4. The maximum absolute atomic E-state index is 12.6. The quantitative estimate of drug-likeness (QED) is 0.707. The molecule has 0 radical (unpaired) electrons. The van der Waals surface area contributed by atoms with E-state index in [1.54, 1.807) is 31.2 Å². The normalized spacial score (nSPS) is 26.4. The lowest BCUT2D eigenvalue weighted by Crippen LogP contribution is -2.41. The van der Waals surface area contributed by atoms with Gasteiger partial charge in [0.1, 0.15) is 5.54 Å². The predicted octanol–water partition coefficient (Wildman–Crippen LogP) is 1.55. The van der Waals surface area contributed by atoms with Crippen molar-refractivity contribution in [3.05, 3.63) is 29.8 Å². The minimum absolute atomic E-state index is 0.0202. The molecule has 2 aliphatic heterocycles. The summed E-state index contributed by atoms with van der Waals surface area (Å²) in [5, 5.41) is 7.84. The van der Waals surface area contributed by atoms with Crippen molar-refractivity contribution in [1.82, 2.24) is 15.5 Å². The van der Waals surface area contributed by atoms with Gasteiger partial charge >= 0.3 is 6.03 Å². The molecule has 0 spiro atoms. The highest BCUT2D eigenvalue weighted by Crippen LogP contribution is 2.27. The number of carbonyl (C=O) groups excluding carboxylic acids is 3. The standard InChI is InChI=1S/C18H24N4O3/c1-3-9-22-10-5-8-14(22)15(23)19-13-7-4-6-12(11-13)18(2)16(24)20-17(25)21-18/h4,6-7,11,14H,3,5,8-10H2,1-2H3,(H,19,23)(H2,20,21,24,25)/t14-,18-/m1/s1. The molecule has 0 aliphatic carbocycles. The third kappa shape index (κ3) is 3.37. The summed E-state index contributed by atoms with van der Waals surface area (Å²) in [5.41, 5.74) is 0.130. The second-order valence-corrected chi connectivity index (χ2v) is 6.80. The minimum Gasteiger partial charge on any atom is -0.325 e. The van der Waals surface area contributed by atoms with Crippen molar-refractivity contribution >= 4 is 23.5 Å². The number of imide groups is 1. The summed E-state index contributed by atoms with van der Waals surface area (Å²) in [6, 6.07) is 6.45. The first-order valence-electron chi connectivity index (χ1n) is 8.73. The van der Waals surface area contributed by atoms with Gasteiger partial charge in [-0.05, 0) is 57.0 Å². The zero-order valence-electron chi connectivity index (χ0n) is 14.6. The van der Waals surface area contributed by atoms with Crippen LogP contribution in [-0.2, 0) is 15.1 Å². The van der Waals surface area contributed by atoms with E-state index in [-0.39, 0.29) is 11.9 Å². The van der Waals surface area contributed by atoms with Crippen molar-refractivity contribution in [2.45, 2.75) is 44.7 Å². The highest BCUT2D eigenvalue weighted by molar-refractivity contribution is 6.07. The lowest BCUT2D eigenvalue weighted by molar-refractivity contribution is -0.123. The third-order valence-corrected chi connectivity index (χ3v) is 4.93. The zero-order valence-corrected chi connectivity index (χ0v) is 14.6. The number of nitrogens with one attached hydrogen (secondary N) is 3. The number of carbonyl (C=O) groups is 3. The Balaban J connectivity index is 1.75. The smallest absolute Gasteiger partial charge is 0.322 e. The summed E-state index contributed by atoms with van der Waals surface area (Å²) in [6.45, 7) is 5.63. The molecule has 3 N–H and O–H groups in total. The third-order valence-electron chi connectivity index (χ3n) is 4.93. The van der Waals surface area contributed by atoms with Crippen molar-refractivity contribution in [3.8, 4) is 0 Å². The highest BCUT2D eigenvalue weighted by Gasteiger charge is 2.43. The molecule has 0 aromatic heterocycles. The summed E-state index contributed by atoms with van der Waals surface area (Å²) in [6.07, 6.45) is 2.91. The summed E-state index contributed by atoms with van der Waals surface area (Å²) in [4.78, 5) is 38.4. The fraction of sp³-hybridized carbons (Fsp3) is 0.500. The van der Waals surface area contributed by atoms with E-state index in [0.717, 1.165) is 32.4 Å². The second kappa shape index (κ2) is 6.84. The lowest BCUT2D eigenvalue weighted by Gasteiger charge is -2.24. The molecule has 134 valence electrons. The number of urea groups is 1. The molecule has 0 saturated carbocycles. The summed E-state index contributed by atoms with van der Waals surface area (Å²) >= 11 is 0. The topological polar surface area (TPSA) is 90.5 Å². The Hall–Kier alpha value is -2.41. The Morgan fingerprint density at radius 1 is 1.40 bits per heavy atom. The van der Waals surface area contributed by atoms with Crippen LogP contribution >= 0.6 is 0 Å². The molecule has 7 heteroatoms. The molecular formula is C18H24N4O3. The molecule has 0 unspecified atom stereocenters. The lowest BCUT2D eigenvalue weighted by atomic mass is 9.92. The van der Waals surface area contributed by atoms with Gasteiger partial charge in [0.2, 0.25) is 5.91 Å². The van der Waals surface area contributed by atoms with Crippen molar-refractivity contribution in [2.24, 2.45) is 0 Å². The van der Waals surface area contributed by atoms with Crippen LogP contribution in [0.4, 0.5) is 10.5 Å². The van der Waals surface area contributed by atoms with Gasteiger partial charge in [0.15, 0.2) is 0 Å². The van der Waals surface area contributed by atoms with Crippen LogP contribution in [0.1, 0.15) is 38.7 Å². The van der Waals surface area contributed by atoms with Crippen LogP contribution in [0.2, 0.25) is 0 Å². The fourth-order valence-electron chi connectivity index (χ4n) is 3.56. The molecule has 25 heavy (non-hydrogen) atoms. The molecule has 2 heterocycles. The molecule has 7 nitrogen and oxygen atoms in total. The van der Waals surface area contributed by atoms with Crippen molar-refractivity contribution in [2.75, 3.05) is 18.4 Å². The highest BCUT2D eigenvalue weighted by atomic mass is 16.2. The van der Waals surface area contributed by atoms with E-state index in [0.29, 0.717) is 11.3 Å². The van der Waals surface area contributed by atoms with E-state index in [1.165, 1.54) is 0 Å². The Labute approximate surface area is 147 Å². The van der Waals surface area contributed by atoms with Crippen molar-refractivity contribution in [1.29, 1.82) is 0 Å². The number of rotatable bonds is 5. The Bertz CT molecular complexity index is 705. The van der Waals surface area contributed by atoms with Gasteiger partial charge in [-0.3, -0.25) is 19.8 Å². The predicted molar refractivity (Wildman–Crippen MR) is 94.0 cm³/mol. The molecule has 1 aromatic carbocycles. The van der Waals surface area contributed by atoms with E-state index >= 15 is 0 Å². The number of hydrogen-bond donors (Lipinski definition) is 3. The van der Waals surface area contributed by atoms with Gasteiger partial charge in [0.25, 0.3) is 5.91 Å². The maximum Gasteiger partial charge on any atom is 0.322 e. The van der Waals surface area contributed by atoms with Crippen molar-refractivity contribution < 1.29 is 14.4 Å². The van der Waals surface area contributed by atoms with Gasteiger partial charge < -0.3 is 10.6 Å². The van der Waals surface area contributed by atoms with Gasteiger partial charge in [-0.2, -0.15) is 0 Å². The SMILES string of the molecule is CCCN1CCC[C@@H]1C(=O)Nc1cccc([C@@]2(C)NC(=O)NC2=O)c1. The number of hydrogen-bond acceptors (Lipinski definition) is 4. The van der Waals surface area contributed by atoms with Gasteiger partial charge in [-0.15, -0.1) is 0 Å². The van der Waals surface area contributed by atoms with Crippen LogP contribution in [0.3, 0.4) is 0 Å². The largest absolute Gasteiger partial charge is 0.325 e. The van der Waals surface area contributed by atoms with Gasteiger partial charge in [-0.25, -0.2) is 4.79 Å². The van der Waals surface area contributed by atoms with Crippen LogP contribution in [0.25, 0.3) is 0 Å². The van der Waals surface area contributed by atoms with Crippen LogP contribution in [0.15, 0.2) is 24.3 Å². The Morgan fingerprint density at radius 3 is 2.88 bits per heavy atom. The molecule has 2 fully saturated rings. The number of anilines is 1. The van der Waals surface area contributed by atoms with E-state index in [1.807, 2.05) is 0 Å². The molecule has 0 bridgehead atoms. The molecular weight excluding hydrogens is 320 g/mol. The summed E-state index contributed by atoms with van der Waals surface area (Å²) in [7, 11) is 0. The first-order valence-corrected chi connectivity index (χ1v) is 8.73. The average Bonchev–Trinajstić information content (AvgIpc) is 3.13. The van der Waals surface area contributed by atoms with Gasteiger partial charge in [0, 0.05) is 5.69 Å². The van der Waals surface area contributed by atoms with E-state index in [4.69, 9.17) is 0 Å². The maximum atomic E-state index is 12.6. The Kier molecular flexibility index (Phi) is 4.76. The monoisotopic (exact) mass is 344 g/mol. The van der Waals surface area contributed by atoms with Gasteiger partial charge in [0.05, 0.1) is 6.04 Å². The summed E-state index contributed by atoms with van der Waals surface area (Å²) < 4.78 is 0. The molecule has 2 atom stereocenters. The number of likely N-dealkylation sites (tertiary alicyclic amines) is 1. The van der Waals surface area contributed by atoms with E-state index in [9.17, 15) is 14.4 Å². The first kappa shape index (κ1) is 17.4. The molecule has 4 amide bonds. The molecule has 2 saturated heterocycles. The van der Waals surface area contributed by atoms with E-state index in [2.05, 4.69) is 27.8 Å². The number of benzene rings is 1. The molecule has 2 aliphatic rings. The van der Waals surface area contributed by atoms with Crippen LogP contribution in [-0.4, -0.2) is 41.9 Å². The van der Waals surface area contributed by atoms with Gasteiger partial charge in [-0.1, -0.05) is 19.1 Å². The minimum atomic E-state index is -1.13.